The summed E-state index contributed by atoms with van der Waals surface area (Å²) in [5.41, 5.74) is 7.91. The van der Waals surface area contributed by atoms with E-state index in [1.54, 1.807) is 0 Å². The Balaban J connectivity index is 1.82. The normalized spacial score (nSPS) is 17.8. The molecule has 2 heterocycles. The van der Waals surface area contributed by atoms with Crippen molar-refractivity contribution in [3.05, 3.63) is 69.5 Å². The molecule has 25 heavy (non-hydrogen) atoms. The van der Waals surface area contributed by atoms with Gasteiger partial charge in [-0.3, -0.25) is 4.98 Å². The summed E-state index contributed by atoms with van der Waals surface area (Å²) < 4.78 is 0. The fraction of sp³-hybridized carbons (Fsp3) is 0.381. The zero-order chi connectivity index (χ0) is 17.2. The van der Waals surface area contributed by atoms with Crippen LogP contribution in [0.25, 0.3) is 5.57 Å². The molecule has 1 aliphatic heterocycles. The highest BCUT2D eigenvalue weighted by molar-refractivity contribution is 6.30. The molecular weight excluding hydrogens is 332 g/mol. The summed E-state index contributed by atoms with van der Waals surface area (Å²) in [7, 11) is 0. The van der Waals surface area contributed by atoms with E-state index in [0.717, 1.165) is 56.0 Å². The molecule has 0 saturated carbocycles. The highest BCUT2D eigenvalue weighted by Crippen LogP contribution is 2.38. The van der Waals surface area contributed by atoms with Gasteiger partial charge in [0.05, 0.1) is 12.3 Å². The van der Waals surface area contributed by atoms with E-state index < -0.39 is 0 Å². The van der Waals surface area contributed by atoms with Crippen molar-refractivity contribution in [1.82, 2.24) is 9.88 Å². The van der Waals surface area contributed by atoms with E-state index in [-0.39, 0.29) is 6.61 Å². The number of pyridine rings is 1. The molecule has 0 unspecified atom stereocenters. The number of hydrogen-bond donors (Lipinski definition) is 1. The van der Waals surface area contributed by atoms with E-state index in [1.807, 2.05) is 18.3 Å². The average Bonchev–Trinajstić information content (AvgIpc) is 2.79. The van der Waals surface area contributed by atoms with Crippen molar-refractivity contribution in [2.45, 2.75) is 25.7 Å². The molecule has 2 aromatic rings. The molecule has 0 amide bonds. The highest BCUT2D eigenvalue weighted by atomic mass is 35.5. The van der Waals surface area contributed by atoms with Crippen molar-refractivity contribution in [2.75, 3.05) is 26.2 Å². The van der Waals surface area contributed by atoms with Crippen LogP contribution >= 0.6 is 11.6 Å². The summed E-state index contributed by atoms with van der Waals surface area (Å²) >= 11 is 6.27. The predicted molar refractivity (Wildman–Crippen MR) is 102 cm³/mol. The summed E-state index contributed by atoms with van der Waals surface area (Å²) in [6.07, 6.45) is 5.98. The number of aliphatic hydroxyl groups is 1. The fourth-order valence-electron chi connectivity index (χ4n) is 4.07. The molecule has 3 nitrogen and oxygen atoms in total. The van der Waals surface area contributed by atoms with Gasteiger partial charge in [-0.15, -0.1) is 0 Å². The number of piperidine rings is 1. The summed E-state index contributed by atoms with van der Waals surface area (Å²) in [5, 5.41) is 9.99. The quantitative estimate of drug-likeness (QED) is 0.892. The van der Waals surface area contributed by atoms with Gasteiger partial charge < -0.3 is 10.0 Å². The van der Waals surface area contributed by atoms with Crippen molar-refractivity contribution >= 4 is 17.2 Å². The maximum Gasteiger partial charge on any atom is 0.0739 e. The van der Waals surface area contributed by atoms with E-state index in [2.05, 4.69) is 23.1 Å². The third-order valence-corrected chi connectivity index (χ3v) is 5.59. The van der Waals surface area contributed by atoms with Crippen LogP contribution < -0.4 is 0 Å². The van der Waals surface area contributed by atoms with Gasteiger partial charge in [-0.1, -0.05) is 29.3 Å². The molecule has 0 radical (unpaired) electrons. The second-order valence-corrected chi connectivity index (χ2v) is 7.29. The van der Waals surface area contributed by atoms with E-state index in [9.17, 15) is 5.11 Å². The zero-order valence-corrected chi connectivity index (χ0v) is 15.1. The molecule has 1 N–H and O–H groups in total. The molecule has 1 fully saturated rings. The number of hydrogen-bond acceptors (Lipinski definition) is 3. The predicted octanol–water partition coefficient (Wildman–Crippen LogP) is 3.72. The Morgan fingerprint density at radius 2 is 1.84 bits per heavy atom. The number of halogens is 1. The second kappa shape index (κ2) is 7.28. The van der Waals surface area contributed by atoms with Crippen LogP contribution in [-0.2, 0) is 12.8 Å². The third-order valence-electron chi connectivity index (χ3n) is 5.36. The zero-order valence-electron chi connectivity index (χ0n) is 14.3. The lowest BCUT2D eigenvalue weighted by molar-refractivity contribution is 0.187. The van der Waals surface area contributed by atoms with Crippen LogP contribution in [0.15, 0.2) is 42.1 Å². The first-order valence-electron chi connectivity index (χ1n) is 9.04. The van der Waals surface area contributed by atoms with Crippen LogP contribution in [0.2, 0.25) is 5.02 Å². The van der Waals surface area contributed by atoms with Gasteiger partial charge in [0.15, 0.2) is 0 Å². The number of aromatic nitrogens is 1. The minimum absolute atomic E-state index is 0.234. The number of β-amino-alcohol motifs (C(OH)–C–C–N with tert-alkyl or cyclic N) is 1. The van der Waals surface area contributed by atoms with Crippen molar-refractivity contribution in [2.24, 2.45) is 0 Å². The van der Waals surface area contributed by atoms with Gasteiger partial charge in [0, 0.05) is 36.4 Å². The Morgan fingerprint density at radius 3 is 2.64 bits per heavy atom. The lowest BCUT2D eigenvalue weighted by atomic mass is 9.88. The van der Waals surface area contributed by atoms with E-state index in [1.165, 1.54) is 27.8 Å². The third kappa shape index (κ3) is 3.37. The monoisotopic (exact) mass is 354 g/mol. The number of nitrogens with zero attached hydrogens (tertiary/aromatic N) is 2. The van der Waals surface area contributed by atoms with Gasteiger partial charge in [-0.05, 0) is 60.6 Å². The summed E-state index contributed by atoms with van der Waals surface area (Å²) in [6, 6.07) is 10.5. The molecule has 130 valence electrons. The van der Waals surface area contributed by atoms with E-state index >= 15 is 0 Å². The average molecular weight is 355 g/mol. The molecule has 0 bridgehead atoms. The maximum atomic E-state index is 9.18. The minimum atomic E-state index is 0.234. The first-order valence-corrected chi connectivity index (χ1v) is 9.42. The lowest BCUT2D eigenvalue weighted by Crippen LogP contribution is -2.33. The van der Waals surface area contributed by atoms with E-state index in [0.29, 0.717) is 0 Å². The topological polar surface area (TPSA) is 36.4 Å². The Labute approximate surface area is 154 Å². The number of fused-ring (bicyclic) bond motifs is 2. The Hall–Kier alpha value is -1.68. The first-order chi connectivity index (χ1) is 12.3. The Morgan fingerprint density at radius 1 is 1.04 bits per heavy atom. The molecule has 1 saturated heterocycles. The van der Waals surface area contributed by atoms with E-state index in [4.69, 9.17) is 16.6 Å². The Bertz CT molecular complexity index is 805. The number of likely N-dealkylation sites (tertiary alicyclic amines) is 1. The first kappa shape index (κ1) is 16.8. The van der Waals surface area contributed by atoms with Gasteiger partial charge in [0.2, 0.25) is 0 Å². The molecule has 1 aliphatic carbocycles. The van der Waals surface area contributed by atoms with Crippen LogP contribution in [0, 0.1) is 0 Å². The highest BCUT2D eigenvalue weighted by Gasteiger charge is 2.24. The molecule has 0 atom stereocenters. The number of aliphatic hydroxyl groups excluding tert-OH is 1. The largest absolute Gasteiger partial charge is 0.395 e. The maximum absolute atomic E-state index is 9.18. The smallest absolute Gasteiger partial charge is 0.0739 e. The molecule has 4 rings (SSSR count). The summed E-state index contributed by atoms with van der Waals surface area (Å²) in [6.45, 7) is 3.01. The van der Waals surface area contributed by atoms with Gasteiger partial charge in [0.1, 0.15) is 0 Å². The lowest BCUT2D eigenvalue weighted by Gasteiger charge is -2.29. The SMILES string of the molecule is OCCN1CCC(=C2c3ccc(Cl)cc3CCc3cccnc32)CC1. The van der Waals surface area contributed by atoms with Gasteiger partial charge >= 0.3 is 0 Å². The molecule has 1 aromatic heterocycles. The van der Waals surface area contributed by atoms with Crippen LogP contribution in [0.5, 0.6) is 0 Å². The van der Waals surface area contributed by atoms with Crippen molar-refractivity contribution < 1.29 is 5.11 Å². The second-order valence-electron chi connectivity index (χ2n) is 6.86. The van der Waals surface area contributed by atoms with Gasteiger partial charge in [-0.25, -0.2) is 0 Å². The molecule has 1 aromatic carbocycles. The molecule has 4 heteroatoms. The minimum Gasteiger partial charge on any atom is -0.395 e. The number of rotatable bonds is 2. The van der Waals surface area contributed by atoms with Crippen molar-refractivity contribution in [3.8, 4) is 0 Å². The van der Waals surface area contributed by atoms with Crippen molar-refractivity contribution in [1.29, 1.82) is 0 Å². The Kier molecular flexibility index (Phi) is 4.89. The van der Waals surface area contributed by atoms with Crippen LogP contribution in [0.1, 0.15) is 35.2 Å². The number of aryl methyl sites for hydroxylation is 2. The van der Waals surface area contributed by atoms with Crippen LogP contribution in [0.3, 0.4) is 0 Å². The summed E-state index contributed by atoms with van der Waals surface area (Å²) in [4.78, 5) is 7.10. The summed E-state index contributed by atoms with van der Waals surface area (Å²) in [5.74, 6) is 0. The van der Waals surface area contributed by atoms with Crippen molar-refractivity contribution in [3.63, 3.8) is 0 Å². The van der Waals surface area contributed by atoms with Gasteiger partial charge in [-0.2, -0.15) is 0 Å². The molecule has 0 spiro atoms. The van der Waals surface area contributed by atoms with Crippen LogP contribution in [-0.4, -0.2) is 41.2 Å². The van der Waals surface area contributed by atoms with Crippen LogP contribution in [0.4, 0.5) is 0 Å². The standard InChI is InChI=1S/C21H23ClN2O/c22-18-5-6-19-17(14-18)4-3-16-2-1-9-23-21(16)20(19)15-7-10-24(11-8-15)12-13-25/h1-2,5-6,9,14,25H,3-4,7-8,10-13H2. The molecule has 2 aliphatic rings. The van der Waals surface area contributed by atoms with Gasteiger partial charge in [0.25, 0.3) is 0 Å². The molecular formula is C21H23ClN2O. The fourth-order valence-corrected chi connectivity index (χ4v) is 4.27. The number of benzene rings is 1.